The third kappa shape index (κ3) is 4.45. The van der Waals surface area contributed by atoms with E-state index in [1.165, 1.54) is 27.1 Å². The lowest BCUT2D eigenvalue weighted by Gasteiger charge is -2.44. The molecule has 1 nitrogen and oxygen atoms in total. The summed E-state index contributed by atoms with van der Waals surface area (Å²) >= 11 is 7.21. The first-order chi connectivity index (χ1) is 15.5. The molecule has 3 aromatic carbocycles. The van der Waals surface area contributed by atoms with Gasteiger partial charge in [0.1, 0.15) is 34.9 Å². The van der Waals surface area contributed by atoms with Gasteiger partial charge in [0.2, 0.25) is 0 Å². The molecule has 0 fully saturated rings. The Morgan fingerprint density at radius 2 is 1.15 bits per heavy atom. The van der Waals surface area contributed by atoms with Gasteiger partial charge in [0.25, 0.3) is 0 Å². The highest BCUT2D eigenvalue weighted by molar-refractivity contribution is 7.95. The third-order valence-electron chi connectivity index (χ3n) is 6.91. The lowest BCUT2D eigenvalue weighted by molar-refractivity contribution is -0.00000993. The Bertz CT molecular complexity index is 1030. The zero-order valence-electron chi connectivity index (χ0n) is 19.6. The number of hydrogen-bond donors (Lipinski definition) is 0. The molecular weight excluding hydrogens is 466 g/mol. The van der Waals surface area contributed by atoms with E-state index in [4.69, 9.17) is 16.3 Å². The van der Waals surface area contributed by atoms with Crippen molar-refractivity contribution < 1.29 is 17.1 Å². The van der Waals surface area contributed by atoms with Crippen molar-refractivity contribution in [3.05, 3.63) is 114 Å². The Hall–Kier alpha value is -1.89. The molecule has 33 heavy (non-hydrogen) atoms. The number of rotatable bonds is 6. The summed E-state index contributed by atoms with van der Waals surface area (Å²) in [6, 6.07) is 32.8. The van der Waals surface area contributed by atoms with Crippen molar-refractivity contribution in [3.8, 4) is 0 Å². The smallest absolute Gasteiger partial charge is 0.143 e. The molecule has 3 aromatic rings. The molecule has 1 aliphatic carbocycles. The highest BCUT2D eigenvalue weighted by Gasteiger charge is 2.56. The topological polar surface area (TPSA) is 9.23 Å². The highest BCUT2D eigenvalue weighted by atomic mass is 35.5. The van der Waals surface area contributed by atoms with Crippen LogP contribution in [0, 0.1) is 0 Å². The molecule has 2 atom stereocenters. The number of hydrogen-bond acceptors (Lipinski definition) is 1. The first-order valence-electron chi connectivity index (χ1n) is 11.1. The van der Waals surface area contributed by atoms with E-state index in [0.717, 1.165) is 11.7 Å². The van der Waals surface area contributed by atoms with Crippen LogP contribution in [0.15, 0.2) is 114 Å². The van der Waals surface area contributed by atoms with Crippen molar-refractivity contribution in [2.75, 3.05) is 13.3 Å². The van der Waals surface area contributed by atoms with Gasteiger partial charge in [-0.05, 0) is 68.3 Å². The molecule has 0 radical (unpaired) electrons. The minimum Gasteiger partial charge on any atom is -1.00 e. The van der Waals surface area contributed by atoms with E-state index in [1.807, 2.05) is 7.11 Å². The van der Waals surface area contributed by atoms with Crippen LogP contribution in [0.4, 0.5) is 0 Å². The molecule has 0 saturated heterocycles. The number of methoxy groups -OCH3 is 1. The zero-order valence-corrected chi connectivity index (χ0v) is 22.0. The molecule has 0 aliphatic heterocycles. The molecule has 0 aromatic heterocycles. The molecule has 0 bridgehead atoms. The minimum atomic E-state index is -2.10. The van der Waals surface area contributed by atoms with Gasteiger partial charge < -0.3 is 17.1 Å². The molecule has 0 spiro atoms. The fraction of sp³-hybridized carbons (Fsp3) is 0.241. The Morgan fingerprint density at radius 1 is 0.758 bits per heavy atom. The van der Waals surface area contributed by atoms with Crippen LogP contribution >= 0.6 is 18.9 Å². The monoisotopic (exact) mass is 496 g/mol. The second-order valence-corrected chi connectivity index (χ2v) is 12.5. The lowest BCUT2D eigenvalue weighted by Crippen LogP contribution is -3.00. The van der Waals surface area contributed by atoms with E-state index in [1.54, 1.807) is 0 Å². The Kier molecular flexibility index (Phi) is 8.25. The van der Waals surface area contributed by atoms with Gasteiger partial charge in [-0.3, -0.25) is 0 Å². The average Bonchev–Trinajstić information content (AvgIpc) is 2.85. The summed E-state index contributed by atoms with van der Waals surface area (Å²) in [5, 5.41) is 3.80. The molecule has 2 unspecified atom stereocenters. The van der Waals surface area contributed by atoms with E-state index in [-0.39, 0.29) is 17.8 Å². The summed E-state index contributed by atoms with van der Waals surface area (Å²) in [4.78, 5) is 0. The van der Waals surface area contributed by atoms with Crippen LogP contribution in [0.3, 0.4) is 0 Å². The number of allylic oxidation sites excluding steroid dienone is 2. The lowest BCUT2D eigenvalue weighted by atomic mass is 9.81. The molecule has 0 heterocycles. The summed E-state index contributed by atoms with van der Waals surface area (Å²) in [5.74, 6) is 0. The van der Waals surface area contributed by atoms with Crippen LogP contribution in [0.25, 0.3) is 0 Å². The van der Waals surface area contributed by atoms with Gasteiger partial charge in [0.05, 0.1) is 5.38 Å². The van der Waals surface area contributed by atoms with Crippen LogP contribution in [-0.4, -0.2) is 24.2 Å². The quantitative estimate of drug-likeness (QED) is 0.376. The van der Waals surface area contributed by atoms with Crippen LogP contribution < -0.4 is 28.3 Å². The zero-order chi connectivity index (χ0) is 22.8. The predicted molar refractivity (Wildman–Crippen MR) is 142 cm³/mol. The largest absolute Gasteiger partial charge is 1.00 e. The summed E-state index contributed by atoms with van der Waals surface area (Å²) in [6.07, 6.45) is 3.01. The van der Waals surface area contributed by atoms with Gasteiger partial charge in [-0.25, -0.2) is 0 Å². The Morgan fingerprint density at radius 3 is 1.52 bits per heavy atom. The van der Waals surface area contributed by atoms with Crippen LogP contribution in [-0.2, 0) is 4.74 Å². The SMILES string of the molecule is COC1(C[P+](c2ccccc2)(c2ccccc2)c2ccccc2)C(C)=C(C)C=C(C)C1Cl.[Cl-]. The second kappa shape index (κ2) is 10.6. The summed E-state index contributed by atoms with van der Waals surface area (Å²) < 4.78 is 6.46. The highest BCUT2D eigenvalue weighted by Crippen LogP contribution is 2.60. The maximum Gasteiger partial charge on any atom is 0.143 e. The summed E-state index contributed by atoms with van der Waals surface area (Å²) in [7, 11) is -0.282. The van der Waals surface area contributed by atoms with Crippen molar-refractivity contribution in [3.63, 3.8) is 0 Å². The Labute approximate surface area is 210 Å². The van der Waals surface area contributed by atoms with E-state index in [9.17, 15) is 0 Å². The summed E-state index contributed by atoms with van der Waals surface area (Å²) in [6.45, 7) is 6.48. The number of benzene rings is 3. The van der Waals surface area contributed by atoms with Crippen LogP contribution in [0.1, 0.15) is 20.8 Å². The van der Waals surface area contributed by atoms with Gasteiger partial charge in [-0.1, -0.05) is 66.2 Å². The minimum absolute atomic E-state index is 0. The van der Waals surface area contributed by atoms with Crippen LogP contribution in [0.5, 0.6) is 0 Å². The van der Waals surface area contributed by atoms with E-state index < -0.39 is 12.9 Å². The number of alkyl halides is 1. The molecule has 172 valence electrons. The van der Waals surface area contributed by atoms with Crippen LogP contribution in [0.2, 0.25) is 0 Å². The van der Waals surface area contributed by atoms with Crippen molar-refractivity contribution in [2.24, 2.45) is 0 Å². The van der Waals surface area contributed by atoms with Gasteiger partial charge in [-0.2, -0.15) is 0 Å². The van der Waals surface area contributed by atoms with E-state index >= 15 is 0 Å². The van der Waals surface area contributed by atoms with Crippen molar-refractivity contribution in [1.82, 2.24) is 0 Å². The molecular formula is C29H31Cl2OP. The number of halogens is 2. The van der Waals surface area contributed by atoms with Crippen molar-refractivity contribution in [1.29, 1.82) is 0 Å². The summed E-state index contributed by atoms with van der Waals surface area (Å²) in [5.41, 5.74) is 3.02. The second-order valence-electron chi connectivity index (χ2n) is 8.63. The third-order valence-corrected chi connectivity index (χ3v) is 12.1. The number of ether oxygens (including phenoxy) is 1. The molecule has 0 N–H and O–H groups in total. The predicted octanol–water partition coefficient (Wildman–Crippen LogP) is 3.27. The Balaban J connectivity index is 0.00000306. The van der Waals surface area contributed by atoms with Gasteiger partial charge in [0, 0.05) is 7.11 Å². The fourth-order valence-corrected chi connectivity index (χ4v) is 10.3. The average molecular weight is 497 g/mol. The van der Waals surface area contributed by atoms with Gasteiger partial charge >= 0.3 is 0 Å². The standard InChI is InChI=1S/C29H31ClOP.ClH/c1-22-20-23(2)28(30)29(31-4,24(22)3)21-32(25-14-8-5-9-15-25,26-16-10-6-11-17-26)27-18-12-7-13-19-27;/h5-20,28H,21H2,1-4H3;1H/q+1;/p-1. The fourth-order valence-electron chi connectivity index (χ4n) is 5.06. The molecule has 4 heteroatoms. The van der Waals surface area contributed by atoms with Crippen molar-refractivity contribution in [2.45, 2.75) is 31.7 Å². The molecule has 0 saturated carbocycles. The van der Waals surface area contributed by atoms with Gasteiger partial charge in [0.15, 0.2) is 0 Å². The maximum absolute atomic E-state index is 7.21. The first kappa shape index (κ1) is 25.7. The normalized spacial score (nSPS) is 20.8. The molecule has 1 aliphatic rings. The first-order valence-corrected chi connectivity index (χ1v) is 13.5. The molecule has 0 amide bonds. The van der Waals surface area contributed by atoms with E-state index in [2.05, 4.69) is 118 Å². The maximum atomic E-state index is 7.21. The molecule has 4 rings (SSSR count). The van der Waals surface area contributed by atoms with Crippen molar-refractivity contribution >= 4 is 34.8 Å². The van der Waals surface area contributed by atoms with E-state index in [0.29, 0.717) is 0 Å². The van der Waals surface area contributed by atoms with Gasteiger partial charge in [-0.15, -0.1) is 11.6 Å².